The minimum atomic E-state index is -3.20. The van der Waals surface area contributed by atoms with Crippen molar-refractivity contribution in [1.29, 1.82) is 0 Å². The molecule has 0 aliphatic heterocycles. The lowest BCUT2D eigenvalue weighted by atomic mass is 10.1. The Kier molecular flexibility index (Phi) is 5.36. The second-order valence-electron chi connectivity index (χ2n) is 4.99. The number of aryl methyl sites for hydroxylation is 1. The summed E-state index contributed by atoms with van der Waals surface area (Å²) in [6.45, 7) is 0. The average Bonchev–Trinajstić information content (AvgIpc) is 2.84. The molecule has 1 aromatic rings. The zero-order chi connectivity index (χ0) is 13.7. The van der Waals surface area contributed by atoms with E-state index in [9.17, 15) is 8.42 Å². The minimum absolute atomic E-state index is 0.0989. The SMILES string of the molecule is O=S(=O)(CCc1ccncc1)NC1CCCC1CBr. The average molecular weight is 347 g/mol. The molecule has 1 N–H and O–H groups in total. The van der Waals surface area contributed by atoms with Crippen molar-refractivity contribution >= 4 is 26.0 Å². The van der Waals surface area contributed by atoms with Gasteiger partial charge in [-0.3, -0.25) is 4.98 Å². The summed E-state index contributed by atoms with van der Waals surface area (Å²) in [6, 6.07) is 3.81. The van der Waals surface area contributed by atoms with Crippen molar-refractivity contribution in [2.75, 3.05) is 11.1 Å². The monoisotopic (exact) mass is 346 g/mol. The van der Waals surface area contributed by atoms with Crippen molar-refractivity contribution in [1.82, 2.24) is 9.71 Å². The summed E-state index contributed by atoms with van der Waals surface area (Å²) in [6.07, 6.45) is 7.06. The largest absolute Gasteiger partial charge is 0.265 e. The van der Waals surface area contributed by atoms with Gasteiger partial charge in [0.1, 0.15) is 0 Å². The molecule has 4 nitrogen and oxygen atoms in total. The quantitative estimate of drug-likeness (QED) is 0.802. The minimum Gasteiger partial charge on any atom is -0.265 e. The normalized spacial score (nSPS) is 23.6. The fourth-order valence-electron chi connectivity index (χ4n) is 2.47. The van der Waals surface area contributed by atoms with Gasteiger partial charge in [-0.1, -0.05) is 22.4 Å². The molecular formula is C13H19BrN2O2S. The molecule has 1 aliphatic carbocycles. The third-order valence-corrected chi connectivity index (χ3v) is 5.83. The van der Waals surface area contributed by atoms with E-state index >= 15 is 0 Å². The van der Waals surface area contributed by atoms with Gasteiger partial charge in [0.05, 0.1) is 5.75 Å². The van der Waals surface area contributed by atoms with Crippen LogP contribution in [0.2, 0.25) is 0 Å². The number of rotatable bonds is 6. The molecule has 1 heterocycles. The molecule has 1 fully saturated rings. The first kappa shape index (κ1) is 14.9. The van der Waals surface area contributed by atoms with Crippen molar-refractivity contribution in [2.24, 2.45) is 5.92 Å². The predicted octanol–water partition coefficient (Wildman–Crippen LogP) is 2.11. The second kappa shape index (κ2) is 6.81. The van der Waals surface area contributed by atoms with Crippen LogP contribution in [0.25, 0.3) is 0 Å². The van der Waals surface area contributed by atoms with E-state index in [1.165, 1.54) is 0 Å². The third kappa shape index (κ3) is 4.54. The lowest BCUT2D eigenvalue weighted by Crippen LogP contribution is -2.39. The van der Waals surface area contributed by atoms with Crippen LogP contribution in [-0.4, -0.2) is 30.5 Å². The summed E-state index contributed by atoms with van der Waals surface area (Å²) < 4.78 is 27.0. The molecule has 2 unspecified atom stereocenters. The predicted molar refractivity (Wildman–Crippen MR) is 79.8 cm³/mol. The number of halogens is 1. The Morgan fingerprint density at radius 1 is 1.32 bits per heavy atom. The zero-order valence-electron chi connectivity index (χ0n) is 10.8. The molecule has 0 amide bonds. The summed E-state index contributed by atoms with van der Waals surface area (Å²) in [5.74, 6) is 0.568. The highest BCUT2D eigenvalue weighted by molar-refractivity contribution is 9.09. The van der Waals surface area contributed by atoms with Crippen molar-refractivity contribution in [3.05, 3.63) is 30.1 Å². The van der Waals surface area contributed by atoms with Crippen LogP contribution in [0.1, 0.15) is 24.8 Å². The van der Waals surface area contributed by atoms with E-state index in [4.69, 9.17) is 0 Å². The van der Waals surface area contributed by atoms with Gasteiger partial charge < -0.3 is 0 Å². The summed E-state index contributed by atoms with van der Waals surface area (Å²) in [5, 5.41) is 0.866. The second-order valence-corrected chi connectivity index (χ2v) is 7.51. The molecule has 1 aromatic heterocycles. The molecule has 0 bridgehead atoms. The number of nitrogens with one attached hydrogen (secondary N) is 1. The van der Waals surface area contributed by atoms with E-state index in [1.54, 1.807) is 12.4 Å². The third-order valence-electron chi connectivity index (χ3n) is 3.60. The first-order chi connectivity index (χ1) is 9.11. The maximum atomic E-state index is 12.1. The van der Waals surface area contributed by atoms with Gasteiger partial charge in [0.15, 0.2) is 0 Å². The van der Waals surface area contributed by atoms with Gasteiger partial charge in [-0.15, -0.1) is 0 Å². The Bertz CT molecular complexity index is 493. The number of aromatic nitrogens is 1. The molecule has 0 spiro atoms. The molecule has 1 saturated carbocycles. The topological polar surface area (TPSA) is 59.1 Å². The number of hydrogen-bond acceptors (Lipinski definition) is 3. The number of nitrogens with zero attached hydrogens (tertiary/aromatic N) is 1. The van der Waals surface area contributed by atoms with E-state index in [0.717, 1.165) is 30.2 Å². The first-order valence-electron chi connectivity index (χ1n) is 6.55. The van der Waals surface area contributed by atoms with E-state index in [2.05, 4.69) is 25.6 Å². The van der Waals surface area contributed by atoms with E-state index < -0.39 is 10.0 Å². The van der Waals surface area contributed by atoms with Crippen molar-refractivity contribution in [2.45, 2.75) is 31.7 Å². The molecule has 0 aromatic carbocycles. The molecule has 2 atom stereocenters. The highest BCUT2D eigenvalue weighted by atomic mass is 79.9. The zero-order valence-corrected chi connectivity index (χ0v) is 13.2. The van der Waals surface area contributed by atoms with Crippen LogP contribution >= 0.6 is 15.9 Å². The molecule has 2 rings (SSSR count). The molecule has 19 heavy (non-hydrogen) atoms. The number of alkyl halides is 1. The maximum absolute atomic E-state index is 12.1. The van der Waals surface area contributed by atoms with Gasteiger partial charge in [-0.25, -0.2) is 13.1 Å². The number of sulfonamides is 1. The summed E-state index contributed by atoms with van der Waals surface area (Å²) in [4.78, 5) is 3.92. The molecule has 0 radical (unpaired) electrons. The number of pyridine rings is 1. The standard InChI is InChI=1S/C13H19BrN2O2S/c14-10-12-2-1-3-13(12)16-19(17,18)9-6-11-4-7-15-8-5-11/h4-5,7-8,12-13,16H,1-3,6,9-10H2. The van der Waals surface area contributed by atoms with E-state index in [-0.39, 0.29) is 11.8 Å². The van der Waals surface area contributed by atoms with Crippen LogP contribution < -0.4 is 4.72 Å². The highest BCUT2D eigenvalue weighted by Gasteiger charge is 2.29. The van der Waals surface area contributed by atoms with Crippen molar-refractivity contribution in [3.63, 3.8) is 0 Å². The van der Waals surface area contributed by atoms with Crippen LogP contribution in [0.4, 0.5) is 0 Å². The molecular weight excluding hydrogens is 328 g/mol. The summed E-state index contributed by atoms with van der Waals surface area (Å²) in [5.41, 5.74) is 1.00. The van der Waals surface area contributed by atoms with E-state index in [0.29, 0.717) is 12.3 Å². The van der Waals surface area contributed by atoms with Crippen molar-refractivity contribution < 1.29 is 8.42 Å². The van der Waals surface area contributed by atoms with Gasteiger partial charge in [0.2, 0.25) is 10.0 Å². The summed E-state index contributed by atoms with van der Waals surface area (Å²) >= 11 is 3.46. The fourth-order valence-corrected chi connectivity index (χ4v) is 4.64. The Morgan fingerprint density at radius 2 is 2.05 bits per heavy atom. The van der Waals surface area contributed by atoms with Crippen LogP contribution in [-0.2, 0) is 16.4 Å². The fraction of sp³-hybridized carbons (Fsp3) is 0.615. The van der Waals surface area contributed by atoms with Crippen LogP contribution in [0, 0.1) is 5.92 Å². The van der Waals surface area contributed by atoms with Gasteiger partial charge in [-0.05, 0) is 42.9 Å². The Morgan fingerprint density at radius 3 is 2.74 bits per heavy atom. The summed E-state index contributed by atoms with van der Waals surface area (Å²) in [7, 11) is -3.20. The Hall–Kier alpha value is -0.460. The van der Waals surface area contributed by atoms with Crippen molar-refractivity contribution in [3.8, 4) is 0 Å². The van der Waals surface area contributed by atoms with Gasteiger partial charge in [0.25, 0.3) is 0 Å². The maximum Gasteiger partial charge on any atom is 0.212 e. The lowest BCUT2D eigenvalue weighted by Gasteiger charge is -2.18. The Balaban J connectivity index is 1.88. The van der Waals surface area contributed by atoms with Crippen LogP contribution in [0.15, 0.2) is 24.5 Å². The van der Waals surface area contributed by atoms with Gasteiger partial charge in [-0.2, -0.15) is 0 Å². The Labute approximate surface area is 123 Å². The van der Waals surface area contributed by atoms with Gasteiger partial charge in [0, 0.05) is 23.8 Å². The molecule has 106 valence electrons. The van der Waals surface area contributed by atoms with Crippen LogP contribution in [0.3, 0.4) is 0 Å². The lowest BCUT2D eigenvalue weighted by molar-refractivity contribution is 0.484. The van der Waals surface area contributed by atoms with Gasteiger partial charge >= 0.3 is 0 Å². The first-order valence-corrected chi connectivity index (χ1v) is 9.33. The molecule has 1 aliphatic rings. The molecule has 0 saturated heterocycles. The highest BCUT2D eigenvalue weighted by Crippen LogP contribution is 2.27. The molecule has 6 heteroatoms. The smallest absolute Gasteiger partial charge is 0.212 e. The van der Waals surface area contributed by atoms with E-state index in [1.807, 2.05) is 12.1 Å². The van der Waals surface area contributed by atoms with Crippen LogP contribution in [0.5, 0.6) is 0 Å². The number of hydrogen-bond donors (Lipinski definition) is 1.